The Labute approximate surface area is 333 Å². The van der Waals surface area contributed by atoms with Gasteiger partial charge in [0.15, 0.2) is 0 Å². The van der Waals surface area contributed by atoms with Crippen molar-refractivity contribution in [2.24, 2.45) is 36.1 Å². The van der Waals surface area contributed by atoms with Crippen LogP contribution >= 0.6 is 45.5 Å². The first-order valence-corrected chi connectivity index (χ1v) is 19.9. The predicted octanol–water partition coefficient (Wildman–Crippen LogP) is 8.02. The molecule has 5 aromatic rings. The average Bonchev–Trinajstić information content (AvgIpc) is 3.82. The van der Waals surface area contributed by atoms with Crippen molar-refractivity contribution in [1.82, 2.24) is 9.78 Å². The molecule has 1 N–H and O–H groups in total. The third-order valence-electron chi connectivity index (χ3n) is 12.1. The largest absolute Gasteiger partial charge is 0.508 e. The maximum Gasteiger partial charge on any atom is 0.242 e. The number of imide groups is 2. The van der Waals surface area contributed by atoms with Crippen molar-refractivity contribution in [2.45, 2.75) is 32.6 Å². The number of hydrogen-bond donors (Lipinski definition) is 1. The molecule has 4 aliphatic rings. The molecule has 0 radical (unpaired) electrons. The van der Waals surface area contributed by atoms with Gasteiger partial charge in [0.25, 0.3) is 0 Å². The zero-order valence-corrected chi connectivity index (χ0v) is 33.4. The fourth-order valence-corrected chi connectivity index (χ4v) is 11.3. The number of fused-ring (bicyclic) bond motifs is 5. The van der Waals surface area contributed by atoms with Gasteiger partial charge in [-0.3, -0.25) is 28.8 Å². The fourth-order valence-electron chi connectivity index (χ4n) is 9.60. The molecule has 274 valence electrons. The van der Waals surface area contributed by atoms with Crippen LogP contribution in [0, 0.1) is 39.6 Å². The van der Waals surface area contributed by atoms with Crippen LogP contribution < -0.4 is 14.5 Å². The molecule has 13 heteroatoms. The molecule has 10 nitrogen and oxygen atoms in total. The number of phenolic OH excluding ortho intramolecular Hbond substituents is 1. The number of allylic oxidation sites excluding steroid dienone is 2. The summed E-state index contributed by atoms with van der Waals surface area (Å²) in [6, 6.07) is 19.7. The fraction of sp³-hybridized carbons (Fsp3) is 0.293. The third-order valence-corrected chi connectivity index (χ3v) is 14.4. The van der Waals surface area contributed by atoms with Crippen LogP contribution in [-0.2, 0) is 26.2 Å². The first kappa shape index (κ1) is 35.2. The van der Waals surface area contributed by atoms with E-state index in [1.807, 2.05) is 43.3 Å². The van der Waals surface area contributed by atoms with Crippen LogP contribution in [0.2, 0.25) is 5.02 Å². The Kier molecular flexibility index (Phi) is 8.15. The lowest BCUT2D eigenvalue weighted by Crippen LogP contribution is -2.49. The SMILES string of the molecule is COc1cccc(O)c1C1C2=CCC3C(=O)N(c4ccc(I)cc4)C(=O)C3C2CC2C(=O)N(c3cc(-c4sc5ccc(Cl)cc5c4C)nn3C)C(=O)C21C. The standard InChI is InChI=1S/C41H34ClIN4O6S/c1-19-25-16-20(42)8-15-31(25)54-36(19)28-18-32(45(3)44-28)47-38(50)27-17-26-23(35(41(27,2)40(47)52)34-29(48)6-5-7-30(34)53-4)13-14-24-33(26)39(51)46(37(24)49)22-11-9-21(43)10-12-22/h5-13,15-16,18,24,26-27,33,35,48H,14,17H2,1-4H3. The second-order valence-electron chi connectivity index (χ2n) is 14.8. The van der Waals surface area contributed by atoms with Gasteiger partial charge in [-0.1, -0.05) is 29.3 Å². The third kappa shape index (κ3) is 4.84. The molecular weight excluding hydrogens is 839 g/mol. The number of amides is 4. The number of phenols is 1. The number of ether oxygens (including phenoxy) is 1. The summed E-state index contributed by atoms with van der Waals surface area (Å²) in [7, 11) is 3.21. The molecule has 4 amide bonds. The first-order valence-electron chi connectivity index (χ1n) is 17.7. The van der Waals surface area contributed by atoms with Gasteiger partial charge in [0.05, 0.1) is 40.8 Å². The molecule has 2 aromatic heterocycles. The first-order chi connectivity index (χ1) is 25.8. The number of nitrogens with zero attached hydrogens (tertiary/aromatic N) is 4. The van der Waals surface area contributed by atoms with Gasteiger partial charge in [0.1, 0.15) is 23.0 Å². The van der Waals surface area contributed by atoms with Crippen molar-refractivity contribution in [2.75, 3.05) is 16.9 Å². The lowest BCUT2D eigenvalue weighted by atomic mass is 9.51. The number of hydrogen-bond acceptors (Lipinski definition) is 8. The van der Waals surface area contributed by atoms with E-state index in [2.05, 4.69) is 22.6 Å². The normalized spacial score (nSPS) is 26.3. The molecule has 6 unspecified atom stereocenters. The minimum atomic E-state index is -1.38. The van der Waals surface area contributed by atoms with Crippen molar-refractivity contribution in [3.63, 3.8) is 0 Å². The number of aryl methyl sites for hydroxylation is 2. The predicted molar refractivity (Wildman–Crippen MR) is 215 cm³/mol. The van der Waals surface area contributed by atoms with Gasteiger partial charge in [-0.15, -0.1) is 11.3 Å². The number of carbonyl (C=O) groups excluding carboxylic acids is 4. The van der Waals surface area contributed by atoms with Gasteiger partial charge < -0.3 is 9.84 Å². The van der Waals surface area contributed by atoms with Crippen LogP contribution in [-0.4, -0.2) is 45.6 Å². The summed E-state index contributed by atoms with van der Waals surface area (Å²) < 4.78 is 9.37. The summed E-state index contributed by atoms with van der Waals surface area (Å²) in [4.78, 5) is 61.9. The van der Waals surface area contributed by atoms with Crippen LogP contribution in [0.4, 0.5) is 11.5 Å². The highest BCUT2D eigenvalue weighted by Crippen LogP contribution is 2.65. The van der Waals surface area contributed by atoms with Crippen LogP contribution in [0.5, 0.6) is 11.5 Å². The Morgan fingerprint density at radius 1 is 0.981 bits per heavy atom. The summed E-state index contributed by atoms with van der Waals surface area (Å²) in [5.74, 6) is -4.48. The Balaban J connectivity index is 1.17. The van der Waals surface area contributed by atoms with Crippen molar-refractivity contribution in [1.29, 1.82) is 0 Å². The zero-order valence-electron chi connectivity index (χ0n) is 29.7. The minimum Gasteiger partial charge on any atom is -0.508 e. The Hall–Kier alpha value is -4.53. The Morgan fingerprint density at radius 3 is 2.48 bits per heavy atom. The van der Waals surface area contributed by atoms with E-state index < -0.39 is 46.8 Å². The summed E-state index contributed by atoms with van der Waals surface area (Å²) in [6.07, 6.45) is 2.43. The number of benzene rings is 3. The number of rotatable bonds is 5. The van der Waals surface area contributed by atoms with Crippen molar-refractivity contribution in [3.8, 4) is 22.1 Å². The lowest BCUT2D eigenvalue weighted by Gasteiger charge is -2.49. The monoisotopic (exact) mass is 872 g/mol. The summed E-state index contributed by atoms with van der Waals surface area (Å²) >= 11 is 10.1. The summed E-state index contributed by atoms with van der Waals surface area (Å²) in [5.41, 5.74) is 1.87. The van der Waals surface area contributed by atoms with E-state index in [0.717, 1.165) is 29.7 Å². The molecule has 3 aromatic carbocycles. The van der Waals surface area contributed by atoms with Crippen LogP contribution in [0.15, 0.2) is 78.4 Å². The van der Waals surface area contributed by atoms with E-state index in [1.165, 1.54) is 16.9 Å². The smallest absolute Gasteiger partial charge is 0.242 e. The second kappa shape index (κ2) is 12.5. The average molecular weight is 873 g/mol. The Morgan fingerprint density at radius 2 is 1.74 bits per heavy atom. The van der Waals surface area contributed by atoms with Gasteiger partial charge in [0, 0.05) is 37.9 Å². The number of halogens is 2. The molecule has 2 saturated heterocycles. The number of methoxy groups -OCH3 is 1. The van der Waals surface area contributed by atoms with Crippen LogP contribution in [0.1, 0.15) is 36.8 Å². The zero-order chi connectivity index (χ0) is 38.0. The van der Waals surface area contributed by atoms with Crippen molar-refractivity contribution in [3.05, 3.63) is 98.1 Å². The maximum atomic E-state index is 15.2. The van der Waals surface area contributed by atoms with E-state index in [0.29, 0.717) is 33.5 Å². The summed E-state index contributed by atoms with van der Waals surface area (Å²) in [6.45, 7) is 3.79. The molecule has 0 bridgehead atoms. The lowest BCUT2D eigenvalue weighted by molar-refractivity contribution is -0.131. The van der Waals surface area contributed by atoms with Gasteiger partial charge in [-0.25, -0.2) is 4.90 Å². The molecule has 2 aliphatic carbocycles. The highest BCUT2D eigenvalue weighted by atomic mass is 127. The van der Waals surface area contributed by atoms with Gasteiger partial charge in [-0.2, -0.15) is 5.10 Å². The number of aromatic nitrogens is 2. The number of anilines is 2. The second-order valence-corrected chi connectivity index (χ2v) is 17.5. The molecule has 1 saturated carbocycles. The van der Waals surface area contributed by atoms with E-state index >= 15 is 4.79 Å². The highest BCUT2D eigenvalue weighted by Gasteiger charge is 2.68. The van der Waals surface area contributed by atoms with Gasteiger partial charge in [-0.05, 0) is 121 Å². The minimum absolute atomic E-state index is 0.0841. The number of carbonyl (C=O) groups is 4. The highest BCUT2D eigenvalue weighted by molar-refractivity contribution is 14.1. The van der Waals surface area contributed by atoms with E-state index in [-0.39, 0.29) is 30.4 Å². The molecule has 2 aliphatic heterocycles. The van der Waals surface area contributed by atoms with Crippen LogP contribution in [0.3, 0.4) is 0 Å². The van der Waals surface area contributed by atoms with E-state index in [4.69, 9.17) is 21.4 Å². The molecule has 4 heterocycles. The topological polar surface area (TPSA) is 122 Å². The van der Waals surface area contributed by atoms with Crippen molar-refractivity contribution >= 4 is 90.7 Å². The number of thiophene rings is 1. The van der Waals surface area contributed by atoms with E-state index in [9.17, 15) is 19.5 Å². The van der Waals surface area contributed by atoms with Crippen molar-refractivity contribution < 1.29 is 29.0 Å². The number of aromatic hydroxyl groups is 1. The molecule has 6 atom stereocenters. The maximum absolute atomic E-state index is 15.2. The van der Waals surface area contributed by atoms with E-state index in [1.54, 1.807) is 66.4 Å². The van der Waals surface area contributed by atoms with Crippen LogP contribution in [0.25, 0.3) is 20.7 Å². The summed E-state index contributed by atoms with van der Waals surface area (Å²) in [5, 5.41) is 18.0. The molecular formula is C41H34ClIN4O6S. The Bertz CT molecular complexity index is 2510. The quantitative estimate of drug-likeness (QED) is 0.108. The van der Waals surface area contributed by atoms with Gasteiger partial charge >= 0.3 is 0 Å². The molecule has 54 heavy (non-hydrogen) atoms. The molecule has 0 spiro atoms. The molecule has 9 rings (SSSR count). The molecule has 3 fully saturated rings. The van der Waals surface area contributed by atoms with Gasteiger partial charge in [0.2, 0.25) is 23.6 Å².